The smallest absolute Gasteiger partial charge is 0.0220 e. The Kier molecular flexibility index (Phi) is 4.44. The van der Waals surface area contributed by atoms with E-state index in [1.807, 2.05) is 0 Å². The molecule has 0 radical (unpaired) electrons. The lowest BCUT2D eigenvalue weighted by molar-refractivity contribution is 0.623. The minimum Gasteiger partial charge on any atom is -0.315 e. The van der Waals surface area contributed by atoms with Gasteiger partial charge in [0.05, 0.1) is 0 Å². The van der Waals surface area contributed by atoms with E-state index in [1.54, 1.807) is 0 Å². The third-order valence-electron chi connectivity index (χ3n) is 5.02. The van der Waals surface area contributed by atoms with Crippen molar-refractivity contribution >= 4 is 0 Å². The molecule has 1 heteroatoms. The minimum absolute atomic E-state index is 0.460. The summed E-state index contributed by atoms with van der Waals surface area (Å²) in [7, 11) is 0. The van der Waals surface area contributed by atoms with Gasteiger partial charge in [0.25, 0.3) is 0 Å². The summed E-state index contributed by atoms with van der Waals surface area (Å²) >= 11 is 0. The molecule has 0 unspecified atom stereocenters. The first-order valence-corrected chi connectivity index (χ1v) is 8.82. The van der Waals surface area contributed by atoms with Crippen molar-refractivity contribution < 1.29 is 0 Å². The molecule has 1 nitrogen and oxygen atoms in total. The molecule has 0 spiro atoms. The first kappa shape index (κ1) is 15.2. The van der Waals surface area contributed by atoms with Gasteiger partial charge in [0, 0.05) is 12.5 Å². The zero-order chi connectivity index (χ0) is 16.2. The largest absolute Gasteiger partial charge is 0.315 e. The standard InChI is InChI=1S/C23H23N/c1-2-8-18(9-3-1)14-15-24-17-23-21-12-6-4-10-19(21)16-20-11-5-7-13-22(20)23/h1-13,23-24H,14-17H2. The number of rotatable bonds is 5. The predicted molar refractivity (Wildman–Crippen MR) is 101 cm³/mol. The van der Waals surface area contributed by atoms with E-state index in [4.69, 9.17) is 0 Å². The Bertz CT molecular complexity index is 762. The van der Waals surface area contributed by atoms with Crippen molar-refractivity contribution in [3.8, 4) is 0 Å². The lowest BCUT2D eigenvalue weighted by Gasteiger charge is -2.28. The van der Waals surface area contributed by atoms with Crippen LogP contribution >= 0.6 is 0 Å². The zero-order valence-electron chi connectivity index (χ0n) is 13.9. The summed E-state index contributed by atoms with van der Waals surface area (Å²) in [5, 5.41) is 3.69. The van der Waals surface area contributed by atoms with Crippen LogP contribution in [0, 0.1) is 0 Å². The molecule has 120 valence electrons. The SMILES string of the molecule is c1ccc(CCNCC2c3ccccc3Cc3ccccc32)cc1. The Morgan fingerprint density at radius 3 is 1.96 bits per heavy atom. The Morgan fingerprint density at radius 1 is 0.708 bits per heavy atom. The van der Waals surface area contributed by atoms with Crippen molar-refractivity contribution in [1.82, 2.24) is 5.32 Å². The van der Waals surface area contributed by atoms with Gasteiger partial charge in [-0.1, -0.05) is 78.9 Å². The van der Waals surface area contributed by atoms with E-state index in [1.165, 1.54) is 27.8 Å². The molecule has 3 aromatic rings. The Labute approximate surface area is 144 Å². The summed E-state index contributed by atoms with van der Waals surface area (Å²) in [6, 6.07) is 28.5. The van der Waals surface area contributed by atoms with Crippen LogP contribution in [0.1, 0.15) is 33.7 Å². The number of hydrogen-bond acceptors (Lipinski definition) is 1. The average Bonchev–Trinajstić information content (AvgIpc) is 2.65. The third-order valence-corrected chi connectivity index (χ3v) is 5.02. The number of hydrogen-bond donors (Lipinski definition) is 1. The zero-order valence-corrected chi connectivity index (χ0v) is 13.9. The summed E-state index contributed by atoms with van der Waals surface area (Å²) in [6.07, 6.45) is 2.14. The first-order chi connectivity index (χ1) is 11.9. The van der Waals surface area contributed by atoms with Crippen molar-refractivity contribution in [2.24, 2.45) is 0 Å². The van der Waals surface area contributed by atoms with E-state index in [-0.39, 0.29) is 0 Å². The van der Waals surface area contributed by atoms with Crippen molar-refractivity contribution in [2.45, 2.75) is 18.8 Å². The van der Waals surface area contributed by atoms with E-state index in [0.717, 1.165) is 25.9 Å². The minimum atomic E-state index is 0.460. The van der Waals surface area contributed by atoms with Crippen LogP contribution in [0.5, 0.6) is 0 Å². The maximum atomic E-state index is 3.69. The molecule has 0 atom stereocenters. The molecule has 0 aromatic heterocycles. The molecule has 0 heterocycles. The van der Waals surface area contributed by atoms with Gasteiger partial charge in [-0.25, -0.2) is 0 Å². The lowest BCUT2D eigenvalue weighted by Crippen LogP contribution is -2.27. The quantitative estimate of drug-likeness (QED) is 0.681. The second-order valence-corrected chi connectivity index (χ2v) is 6.57. The topological polar surface area (TPSA) is 12.0 Å². The molecule has 0 saturated heterocycles. The summed E-state index contributed by atoms with van der Waals surface area (Å²) < 4.78 is 0. The van der Waals surface area contributed by atoms with Gasteiger partial charge in [0.2, 0.25) is 0 Å². The molecular weight excluding hydrogens is 290 g/mol. The van der Waals surface area contributed by atoms with Gasteiger partial charge in [-0.05, 0) is 47.2 Å². The van der Waals surface area contributed by atoms with Gasteiger partial charge in [-0.2, -0.15) is 0 Å². The highest BCUT2D eigenvalue weighted by molar-refractivity contribution is 5.49. The number of nitrogens with one attached hydrogen (secondary N) is 1. The van der Waals surface area contributed by atoms with E-state index < -0.39 is 0 Å². The van der Waals surface area contributed by atoms with E-state index in [0.29, 0.717) is 5.92 Å². The molecule has 0 fully saturated rings. The lowest BCUT2D eigenvalue weighted by atomic mass is 9.78. The second-order valence-electron chi connectivity index (χ2n) is 6.57. The molecule has 0 amide bonds. The highest BCUT2D eigenvalue weighted by atomic mass is 14.9. The Morgan fingerprint density at radius 2 is 1.29 bits per heavy atom. The summed E-state index contributed by atoms with van der Waals surface area (Å²) in [5.41, 5.74) is 7.33. The molecule has 3 aromatic carbocycles. The van der Waals surface area contributed by atoms with Gasteiger partial charge < -0.3 is 5.32 Å². The van der Waals surface area contributed by atoms with Crippen molar-refractivity contribution in [1.29, 1.82) is 0 Å². The summed E-state index contributed by atoms with van der Waals surface area (Å²) in [4.78, 5) is 0. The van der Waals surface area contributed by atoms with Crippen molar-refractivity contribution in [3.63, 3.8) is 0 Å². The normalized spacial score (nSPS) is 13.3. The van der Waals surface area contributed by atoms with Crippen LogP contribution in [0.4, 0.5) is 0 Å². The van der Waals surface area contributed by atoms with Gasteiger partial charge >= 0.3 is 0 Å². The average molecular weight is 313 g/mol. The molecule has 0 aliphatic heterocycles. The Hall–Kier alpha value is -2.38. The maximum Gasteiger partial charge on any atom is 0.0220 e. The van der Waals surface area contributed by atoms with E-state index in [2.05, 4.69) is 84.2 Å². The van der Waals surface area contributed by atoms with Gasteiger partial charge in [0.15, 0.2) is 0 Å². The highest BCUT2D eigenvalue weighted by Gasteiger charge is 2.24. The molecule has 4 rings (SSSR count). The molecular formula is C23H23N. The van der Waals surface area contributed by atoms with Crippen LogP contribution < -0.4 is 5.32 Å². The van der Waals surface area contributed by atoms with Crippen molar-refractivity contribution in [3.05, 3.63) is 107 Å². The highest BCUT2D eigenvalue weighted by Crippen LogP contribution is 2.35. The van der Waals surface area contributed by atoms with Crippen molar-refractivity contribution in [2.75, 3.05) is 13.1 Å². The van der Waals surface area contributed by atoms with E-state index in [9.17, 15) is 0 Å². The fourth-order valence-corrected chi connectivity index (χ4v) is 3.79. The molecule has 24 heavy (non-hydrogen) atoms. The van der Waals surface area contributed by atoms with Crippen LogP contribution in [-0.4, -0.2) is 13.1 Å². The van der Waals surface area contributed by atoms with E-state index >= 15 is 0 Å². The summed E-state index contributed by atoms with van der Waals surface area (Å²) in [6.45, 7) is 2.02. The van der Waals surface area contributed by atoms with Crippen LogP contribution in [-0.2, 0) is 12.8 Å². The fourth-order valence-electron chi connectivity index (χ4n) is 3.79. The molecule has 0 saturated carbocycles. The monoisotopic (exact) mass is 313 g/mol. The molecule has 1 aliphatic carbocycles. The maximum absolute atomic E-state index is 3.69. The van der Waals surface area contributed by atoms with Gasteiger partial charge in [0.1, 0.15) is 0 Å². The first-order valence-electron chi connectivity index (χ1n) is 8.82. The van der Waals surface area contributed by atoms with Gasteiger partial charge in [-0.15, -0.1) is 0 Å². The number of benzene rings is 3. The van der Waals surface area contributed by atoms with Crippen LogP contribution in [0.15, 0.2) is 78.9 Å². The fraction of sp³-hybridized carbons (Fsp3) is 0.217. The van der Waals surface area contributed by atoms with Crippen LogP contribution in [0.25, 0.3) is 0 Å². The molecule has 1 N–H and O–H groups in total. The van der Waals surface area contributed by atoms with Gasteiger partial charge in [-0.3, -0.25) is 0 Å². The molecule has 1 aliphatic rings. The number of fused-ring (bicyclic) bond motifs is 2. The van der Waals surface area contributed by atoms with Crippen LogP contribution in [0.3, 0.4) is 0 Å². The third kappa shape index (κ3) is 3.13. The predicted octanol–water partition coefficient (Wildman–Crippen LogP) is 4.56. The molecule has 0 bridgehead atoms. The summed E-state index contributed by atoms with van der Waals surface area (Å²) in [5.74, 6) is 0.460. The Balaban J connectivity index is 1.48. The van der Waals surface area contributed by atoms with Crippen LogP contribution in [0.2, 0.25) is 0 Å². The second kappa shape index (κ2) is 7.02.